The van der Waals surface area contributed by atoms with Gasteiger partial charge in [-0.1, -0.05) is 73.0 Å². The first kappa shape index (κ1) is 26.2. The summed E-state index contributed by atoms with van der Waals surface area (Å²) in [5.41, 5.74) is 2.74. The molecule has 0 aromatic heterocycles. The maximum atomic E-state index is 12.6. The van der Waals surface area contributed by atoms with E-state index in [1.54, 1.807) is 0 Å². The molecule has 2 atom stereocenters. The van der Waals surface area contributed by atoms with Gasteiger partial charge < -0.3 is 15.2 Å². The third-order valence-corrected chi connectivity index (χ3v) is 5.94. The van der Waals surface area contributed by atoms with E-state index in [1.165, 1.54) is 18.4 Å². The number of amides is 1. The second-order valence-electron chi connectivity index (χ2n) is 10.3. The van der Waals surface area contributed by atoms with E-state index >= 15 is 0 Å². The van der Waals surface area contributed by atoms with E-state index < -0.39 is 23.8 Å². The highest BCUT2D eigenvalue weighted by molar-refractivity contribution is 5.68. The minimum Gasteiger partial charge on any atom is -0.444 e. The largest absolute Gasteiger partial charge is 0.444 e. The number of hydroxylamine groups is 2. The number of aliphatic hydroxyl groups is 1. The zero-order valence-corrected chi connectivity index (χ0v) is 21.0. The van der Waals surface area contributed by atoms with E-state index in [4.69, 9.17) is 9.57 Å². The highest BCUT2D eigenvalue weighted by Crippen LogP contribution is 2.23. The molecule has 6 nitrogen and oxygen atoms in total. The maximum absolute atomic E-state index is 12.6. The number of aryl methyl sites for hydroxylation is 1. The summed E-state index contributed by atoms with van der Waals surface area (Å²) < 4.78 is 5.47. The molecular weight excluding hydrogens is 428 g/mol. The lowest BCUT2D eigenvalue weighted by Gasteiger charge is -2.32. The molecule has 1 fully saturated rings. The summed E-state index contributed by atoms with van der Waals surface area (Å²) in [5.74, 6) is 0. The van der Waals surface area contributed by atoms with Gasteiger partial charge in [0, 0.05) is 6.54 Å². The number of nitrogens with zero attached hydrogens (tertiary/aromatic N) is 1. The molecular formula is C28H40N2O4. The average Bonchev–Trinajstić information content (AvgIpc) is 3.27. The summed E-state index contributed by atoms with van der Waals surface area (Å²) in [6.07, 6.45) is 3.68. The normalized spacial score (nSPS) is 16.4. The van der Waals surface area contributed by atoms with Crippen LogP contribution in [0.3, 0.4) is 0 Å². The first-order chi connectivity index (χ1) is 16.2. The highest BCUT2D eigenvalue weighted by Gasteiger charge is 2.28. The monoisotopic (exact) mass is 468 g/mol. The number of ether oxygens (including phenoxy) is 1. The van der Waals surface area contributed by atoms with Gasteiger partial charge in [0.15, 0.2) is 0 Å². The summed E-state index contributed by atoms with van der Waals surface area (Å²) in [7, 11) is 0. The second-order valence-corrected chi connectivity index (χ2v) is 10.3. The van der Waals surface area contributed by atoms with Crippen molar-refractivity contribution >= 4 is 6.09 Å². The summed E-state index contributed by atoms with van der Waals surface area (Å²) >= 11 is 0. The Morgan fingerprint density at radius 3 is 2.32 bits per heavy atom. The molecule has 3 rings (SSSR count). The van der Waals surface area contributed by atoms with Gasteiger partial charge in [-0.15, -0.1) is 0 Å². The zero-order chi connectivity index (χ0) is 24.6. The number of hydrogen-bond acceptors (Lipinski definition) is 5. The van der Waals surface area contributed by atoms with Crippen LogP contribution in [0.4, 0.5) is 4.79 Å². The standard InChI is InChI=1S/C28H40N2O4/c1-21-14-16-23(17-15-21)19-30(34-24-12-8-9-13-24)20-26(31)25(18-22-10-6-5-7-11-22)29-27(32)33-28(2,3)4/h5-7,10-11,14-17,24-26,31H,8-9,12-13,18-20H2,1-4H3,(H,29,32). The van der Waals surface area contributed by atoms with E-state index in [0.717, 1.165) is 24.0 Å². The molecule has 2 aromatic rings. The Hall–Kier alpha value is -2.41. The van der Waals surface area contributed by atoms with Crippen LogP contribution >= 0.6 is 0 Å². The van der Waals surface area contributed by atoms with Gasteiger partial charge in [0.25, 0.3) is 0 Å². The van der Waals surface area contributed by atoms with Crippen LogP contribution in [0.25, 0.3) is 0 Å². The topological polar surface area (TPSA) is 71.0 Å². The van der Waals surface area contributed by atoms with Crippen molar-refractivity contribution in [2.75, 3.05) is 6.54 Å². The molecule has 186 valence electrons. The molecule has 0 spiro atoms. The van der Waals surface area contributed by atoms with Crippen LogP contribution in [0.15, 0.2) is 54.6 Å². The number of benzene rings is 2. The molecule has 1 amide bonds. The van der Waals surface area contributed by atoms with Crippen LogP contribution in [0.2, 0.25) is 0 Å². The predicted octanol–water partition coefficient (Wildman–Crippen LogP) is 5.17. The molecule has 1 aliphatic carbocycles. The quantitative estimate of drug-likeness (QED) is 0.471. The van der Waals surface area contributed by atoms with Gasteiger partial charge in [-0.2, -0.15) is 5.06 Å². The minimum absolute atomic E-state index is 0.170. The van der Waals surface area contributed by atoms with E-state index in [1.807, 2.05) is 56.2 Å². The first-order valence-electron chi connectivity index (χ1n) is 12.4. The van der Waals surface area contributed by atoms with Gasteiger partial charge in [0.2, 0.25) is 0 Å². The summed E-state index contributed by atoms with van der Waals surface area (Å²) in [4.78, 5) is 18.9. The van der Waals surface area contributed by atoms with Crippen LogP contribution < -0.4 is 5.32 Å². The van der Waals surface area contributed by atoms with Crippen molar-refractivity contribution in [3.05, 3.63) is 71.3 Å². The van der Waals surface area contributed by atoms with Gasteiger partial charge in [0.05, 0.1) is 24.8 Å². The molecule has 1 saturated carbocycles. The number of carbonyl (C=O) groups is 1. The Balaban J connectivity index is 1.73. The molecule has 34 heavy (non-hydrogen) atoms. The second kappa shape index (κ2) is 12.3. The van der Waals surface area contributed by atoms with E-state index in [0.29, 0.717) is 13.0 Å². The number of hydrogen-bond donors (Lipinski definition) is 2. The van der Waals surface area contributed by atoms with Crippen molar-refractivity contribution in [2.45, 2.75) is 90.2 Å². The molecule has 2 unspecified atom stereocenters. The van der Waals surface area contributed by atoms with Crippen molar-refractivity contribution in [3.63, 3.8) is 0 Å². The molecule has 2 N–H and O–H groups in total. The van der Waals surface area contributed by atoms with Crippen molar-refractivity contribution in [3.8, 4) is 0 Å². The van der Waals surface area contributed by atoms with Gasteiger partial charge in [-0.05, 0) is 58.1 Å². The minimum atomic E-state index is -0.848. The molecule has 0 saturated heterocycles. The number of alkyl carbamates (subject to hydrolysis) is 1. The summed E-state index contributed by atoms with van der Waals surface area (Å²) in [6, 6.07) is 17.7. The summed E-state index contributed by atoms with van der Waals surface area (Å²) in [5, 5.41) is 16.1. The molecule has 0 aliphatic heterocycles. The molecule has 0 bridgehead atoms. The zero-order valence-electron chi connectivity index (χ0n) is 21.0. The molecule has 0 heterocycles. The lowest BCUT2D eigenvalue weighted by molar-refractivity contribution is -0.214. The fourth-order valence-corrected chi connectivity index (χ4v) is 4.19. The number of nitrogens with one attached hydrogen (secondary N) is 1. The van der Waals surface area contributed by atoms with Crippen LogP contribution in [-0.4, -0.2) is 46.7 Å². The SMILES string of the molecule is Cc1ccc(CN(CC(O)C(Cc2ccccc2)NC(=O)OC(C)(C)C)OC2CCCC2)cc1. The summed E-state index contributed by atoms with van der Waals surface area (Å²) in [6.45, 7) is 8.39. The van der Waals surface area contributed by atoms with E-state index in [9.17, 15) is 9.90 Å². The lowest BCUT2D eigenvalue weighted by atomic mass is 10.0. The van der Waals surface area contributed by atoms with Gasteiger partial charge in [-0.25, -0.2) is 4.79 Å². The molecule has 0 radical (unpaired) electrons. The molecule has 2 aromatic carbocycles. The average molecular weight is 469 g/mol. The number of rotatable bonds is 10. The van der Waals surface area contributed by atoms with Crippen molar-refractivity contribution in [2.24, 2.45) is 0 Å². The highest BCUT2D eigenvalue weighted by atomic mass is 16.7. The lowest BCUT2D eigenvalue weighted by Crippen LogP contribution is -2.50. The van der Waals surface area contributed by atoms with E-state index in [-0.39, 0.29) is 12.6 Å². The Kier molecular flexibility index (Phi) is 9.51. The number of aliphatic hydroxyl groups excluding tert-OH is 1. The van der Waals surface area contributed by atoms with E-state index in [2.05, 4.69) is 36.5 Å². The third kappa shape index (κ3) is 9.09. The third-order valence-electron chi connectivity index (χ3n) is 5.94. The van der Waals surface area contributed by atoms with Crippen LogP contribution in [0.1, 0.15) is 63.1 Å². The van der Waals surface area contributed by atoms with Crippen molar-refractivity contribution in [1.29, 1.82) is 0 Å². The van der Waals surface area contributed by atoms with Crippen LogP contribution in [-0.2, 0) is 22.5 Å². The van der Waals surface area contributed by atoms with Crippen molar-refractivity contribution in [1.82, 2.24) is 10.4 Å². The fourth-order valence-electron chi connectivity index (χ4n) is 4.19. The number of carbonyl (C=O) groups excluding carboxylic acids is 1. The molecule has 6 heteroatoms. The fraction of sp³-hybridized carbons (Fsp3) is 0.536. The van der Waals surface area contributed by atoms with Crippen LogP contribution in [0, 0.1) is 6.92 Å². The smallest absolute Gasteiger partial charge is 0.407 e. The Morgan fingerprint density at radius 2 is 1.71 bits per heavy atom. The van der Waals surface area contributed by atoms with Crippen LogP contribution in [0.5, 0.6) is 0 Å². The molecule has 1 aliphatic rings. The van der Waals surface area contributed by atoms with Gasteiger partial charge in [-0.3, -0.25) is 4.84 Å². The van der Waals surface area contributed by atoms with Gasteiger partial charge in [0.1, 0.15) is 5.60 Å². The maximum Gasteiger partial charge on any atom is 0.407 e. The van der Waals surface area contributed by atoms with Crippen molar-refractivity contribution < 1.29 is 19.5 Å². The van der Waals surface area contributed by atoms with Gasteiger partial charge >= 0.3 is 6.09 Å². The Labute approximate surface area is 204 Å². The first-order valence-corrected chi connectivity index (χ1v) is 12.4. The predicted molar refractivity (Wildman–Crippen MR) is 134 cm³/mol. The Morgan fingerprint density at radius 1 is 1.06 bits per heavy atom. The Bertz CT molecular complexity index is 874.